The van der Waals surface area contributed by atoms with Crippen LogP contribution in [-0.4, -0.2) is 49.7 Å². The lowest BCUT2D eigenvalue weighted by molar-refractivity contribution is -0.119. The van der Waals surface area contributed by atoms with Gasteiger partial charge in [0.15, 0.2) is 6.61 Å². The van der Waals surface area contributed by atoms with Crippen molar-refractivity contribution < 1.29 is 19.1 Å². The average Bonchev–Trinajstić information content (AvgIpc) is 3.00. The summed E-state index contributed by atoms with van der Waals surface area (Å²) in [5, 5.41) is 2.75. The van der Waals surface area contributed by atoms with Crippen LogP contribution in [0.25, 0.3) is 0 Å². The Bertz CT molecular complexity index is 795. The predicted molar refractivity (Wildman–Crippen MR) is 105 cm³/mol. The summed E-state index contributed by atoms with van der Waals surface area (Å²) in [4.78, 5) is 28.4. The van der Waals surface area contributed by atoms with Crippen LogP contribution in [-0.2, 0) is 20.8 Å². The van der Waals surface area contributed by atoms with E-state index in [0.717, 1.165) is 42.6 Å². The molecule has 1 aliphatic heterocycles. The number of amides is 1. The standard InChI is InChI=1S/C20H24N2O4S/c1-14-11-18(15(2)27-14)20(24)26-13-19(23)21-17-5-3-16(4-6-17)12-22-7-9-25-10-8-22/h3-6,11H,7-10,12-13H2,1-2H3,(H,21,23). The minimum atomic E-state index is -0.465. The minimum Gasteiger partial charge on any atom is -0.452 e. The monoisotopic (exact) mass is 388 g/mol. The second kappa shape index (κ2) is 9.12. The summed E-state index contributed by atoms with van der Waals surface area (Å²) >= 11 is 1.54. The molecule has 0 spiro atoms. The van der Waals surface area contributed by atoms with Crippen LogP contribution in [0.2, 0.25) is 0 Å². The van der Waals surface area contributed by atoms with Crippen LogP contribution in [0, 0.1) is 13.8 Å². The average molecular weight is 388 g/mol. The summed E-state index contributed by atoms with van der Waals surface area (Å²) < 4.78 is 10.5. The third kappa shape index (κ3) is 5.63. The number of ether oxygens (including phenoxy) is 2. The molecular weight excluding hydrogens is 364 g/mol. The van der Waals surface area contributed by atoms with Crippen molar-refractivity contribution in [3.8, 4) is 0 Å². The Morgan fingerprint density at radius 3 is 2.52 bits per heavy atom. The summed E-state index contributed by atoms with van der Waals surface area (Å²) in [6.45, 7) is 7.79. The predicted octanol–water partition coefficient (Wildman–Crippen LogP) is 2.99. The number of aryl methyl sites for hydroxylation is 2. The first-order chi connectivity index (χ1) is 13.0. The number of morpholine rings is 1. The Morgan fingerprint density at radius 1 is 1.19 bits per heavy atom. The molecule has 1 aliphatic rings. The number of hydrogen-bond donors (Lipinski definition) is 1. The van der Waals surface area contributed by atoms with Crippen LogP contribution in [0.5, 0.6) is 0 Å². The van der Waals surface area contributed by atoms with Crippen LogP contribution < -0.4 is 5.32 Å². The zero-order valence-electron chi connectivity index (χ0n) is 15.6. The number of nitrogens with one attached hydrogen (secondary N) is 1. The van der Waals surface area contributed by atoms with Gasteiger partial charge in [-0.1, -0.05) is 12.1 Å². The second-order valence-corrected chi connectivity index (χ2v) is 8.00. The fraction of sp³-hybridized carbons (Fsp3) is 0.400. The molecule has 6 nitrogen and oxygen atoms in total. The summed E-state index contributed by atoms with van der Waals surface area (Å²) in [6.07, 6.45) is 0. The largest absolute Gasteiger partial charge is 0.452 e. The van der Waals surface area contributed by atoms with E-state index in [-0.39, 0.29) is 12.5 Å². The van der Waals surface area contributed by atoms with E-state index in [1.165, 1.54) is 16.9 Å². The lowest BCUT2D eigenvalue weighted by Gasteiger charge is -2.26. The first-order valence-corrected chi connectivity index (χ1v) is 9.76. The molecule has 0 bridgehead atoms. The normalized spacial score (nSPS) is 14.7. The highest BCUT2D eigenvalue weighted by Gasteiger charge is 2.15. The fourth-order valence-corrected chi connectivity index (χ4v) is 3.86. The van der Waals surface area contributed by atoms with Crippen molar-refractivity contribution in [1.82, 2.24) is 4.90 Å². The lowest BCUT2D eigenvalue weighted by Crippen LogP contribution is -2.35. The van der Waals surface area contributed by atoms with Crippen molar-refractivity contribution in [3.63, 3.8) is 0 Å². The Kier molecular flexibility index (Phi) is 6.60. The molecule has 1 aromatic heterocycles. The van der Waals surface area contributed by atoms with Crippen LogP contribution in [0.1, 0.15) is 25.7 Å². The van der Waals surface area contributed by atoms with Gasteiger partial charge in [0.05, 0.1) is 18.8 Å². The molecule has 0 radical (unpaired) electrons. The number of nitrogens with zero attached hydrogens (tertiary/aromatic N) is 1. The Morgan fingerprint density at radius 2 is 1.89 bits per heavy atom. The molecule has 1 fully saturated rings. The molecule has 0 aliphatic carbocycles. The SMILES string of the molecule is Cc1cc(C(=O)OCC(=O)Nc2ccc(CN3CCOCC3)cc2)c(C)s1. The van der Waals surface area contributed by atoms with Gasteiger partial charge in [-0.25, -0.2) is 4.79 Å². The highest BCUT2D eigenvalue weighted by atomic mass is 32.1. The van der Waals surface area contributed by atoms with Gasteiger partial charge in [0.25, 0.3) is 5.91 Å². The van der Waals surface area contributed by atoms with E-state index in [2.05, 4.69) is 10.2 Å². The molecule has 1 aromatic carbocycles. The zero-order chi connectivity index (χ0) is 19.2. The topological polar surface area (TPSA) is 67.9 Å². The molecule has 7 heteroatoms. The fourth-order valence-electron chi connectivity index (χ4n) is 2.95. The van der Waals surface area contributed by atoms with Crippen LogP contribution in [0.3, 0.4) is 0 Å². The van der Waals surface area contributed by atoms with Crippen molar-refractivity contribution in [1.29, 1.82) is 0 Å². The van der Waals surface area contributed by atoms with E-state index in [1.54, 1.807) is 6.07 Å². The molecule has 3 rings (SSSR count). The first-order valence-electron chi connectivity index (χ1n) is 8.94. The summed E-state index contributed by atoms with van der Waals surface area (Å²) in [6, 6.07) is 9.50. The van der Waals surface area contributed by atoms with Gasteiger partial charge < -0.3 is 14.8 Å². The third-order valence-corrected chi connectivity index (χ3v) is 5.31. The molecule has 0 unspecified atom stereocenters. The van der Waals surface area contributed by atoms with Crippen molar-refractivity contribution in [2.75, 3.05) is 38.2 Å². The maximum absolute atomic E-state index is 12.1. The van der Waals surface area contributed by atoms with Crippen LogP contribution in [0.15, 0.2) is 30.3 Å². The number of carbonyl (C=O) groups is 2. The highest BCUT2D eigenvalue weighted by molar-refractivity contribution is 7.12. The van der Waals surface area contributed by atoms with E-state index in [4.69, 9.17) is 9.47 Å². The van der Waals surface area contributed by atoms with Crippen molar-refractivity contribution in [2.24, 2.45) is 0 Å². The number of esters is 1. The van der Waals surface area contributed by atoms with Crippen LogP contribution in [0.4, 0.5) is 5.69 Å². The van der Waals surface area contributed by atoms with Gasteiger partial charge in [0, 0.05) is 35.1 Å². The molecule has 1 amide bonds. The van der Waals surface area contributed by atoms with Gasteiger partial charge >= 0.3 is 5.97 Å². The van der Waals surface area contributed by atoms with Gasteiger partial charge in [-0.2, -0.15) is 0 Å². The number of carbonyl (C=O) groups excluding carboxylic acids is 2. The van der Waals surface area contributed by atoms with E-state index in [1.807, 2.05) is 38.1 Å². The molecule has 1 N–H and O–H groups in total. The molecule has 27 heavy (non-hydrogen) atoms. The van der Waals surface area contributed by atoms with Gasteiger partial charge in [-0.05, 0) is 37.6 Å². The van der Waals surface area contributed by atoms with E-state index in [9.17, 15) is 9.59 Å². The first kappa shape index (κ1) is 19.5. The van der Waals surface area contributed by atoms with E-state index < -0.39 is 5.97 Å². The molecule has 1 saturated heterocycles. The number of hydrogen-bond acceptors (Lipinski definition) is 6. The van der Waals surface area contributed by atoms with E-state index in [0.29, 0.717) is 11.3 Å². The quantitative estimate of drug-likeness (QED) is 0.771. The maximum atomic E-state index is 12.1. The smallest absolute Gasteiger partial charge is 0.339 e. The highest BCUT2D eigenvalue weighted by Crippen LogP contribution is 2.21. The lowest BCUT2D eigenvalue weighted by atomic mass is 10.2. The molecule has 0 saturated carbocycles. The Hall–Kier alpha value is -2.22. The Labute approximate surface area is 163 Å². The van der Waals surface area contributed by atoms with Gasteiger partial charge in [-0.3, -0.25) is 9.69 Å². The van der Waals surface area contributed by atoms with Gasteiger partial charge in [0.2, 0.25) is 0 Å². The van der Waals surface area contributed by atoms with E-state index >= 15 is 0 Å². The molecule has 144 valence electrons. The Balaban J connectivity index is 1.46. The molecular formula is C20H24N2O4S. The molecule has 2 heterocycles. The second-order valence-electron chi connectivity index (χ2n) is 6.54. The molecule has 0 atom stereocenters. The summed E-state index contributed by atoms with van der Waals surface area (Å²) in [5.41, 5.74) is 2.40. The summed E-state index contributed by atoms with van der Waals surface area (Å²) in [5.74, 6) is -0.818. The van der Waals surface area contributed by atoms with Crippen molar-refractivity contribution in [3.05, 3.63) is 51.2 Å². The number of thiophene rings is 1. The number of benzene rings is 1. The third-order valence-electron chi connectivity index (χ3n) is 4.34. The van der Waals surface area contributed by atoms with Crippen molar-refractivity contribution >= 4 is 28.9 Å². The zero-order valence-corrected chi connectivity index (χ0v) is 16.4. The van der Waals surface area contributed by atoms with Crippen LogP contribution >= 0.6 is 11.3 Å². The van der Waals surface area contributed by atoms with Gasteiger partial charge in [0.1, 0.15) is 0 Å². The number of anilines is 1. The van der Waals surface area contributed by atoms with Gasteiger partial charge in [-0.15, -0.1) is 11.3 Å². The molecule has 2 aromatic rings. The maximum Gasteiger partial charge on any atom is 0.339 e. The van der Waals surface area contributed by atoms with Crippen molar-refractivity contribution in [2.45, 2.75) is 20.4 Å². The number of rotatable bonds is 6. The summed E-state index contributed by atoms with van der Waals surface area (Å²) in [7, 11) is 0. The minimum absolute atomic E-state index is 0.303.